The standard InChI is InChI=1S/C12H11ClN2O4S/c1-19-12(16)11-6-10(7-14-11)20(17,18)15-9-4-2-8(13)3-5-9/h2-7,14-15H,1H3. The third-order valence-corrected chi connectivity index (χ3v) is 4.08. The average Bonchev–Trinajstić information content (AvgIpc) is 2.91. The molecule has 6 nitrogen and oxygen atoms in total. The van der Waals surface area contributed by atoms with Gasteiger partial charge in [0.15, 0.2) is 0 Å². The van der Waals surface area contributed by atoms with Crippen molar-refractivity contribution in [2.75, 3.05) is 11.8 Å². The zero-order chi connectivity index (χ0) is 14.8. The Morgan fingerprint density at radius 2 is 1.95 bits per heavy atom. The van der Waals surface area contributed by atoms with Gasteiger partial charge in [-0.15, -0.1) is 0 Å². The highest BCUT2D eigenvalue weighted by molar-refractivity contribution is 7.92. The van der Waals surface area contributed by atoms with Crippen molar-refractivity contribution in [1.82, 2.24) is 4.98 Å². The molecule has 1 aromatic carbocycles. The van der Waals surface area contributed by atoms with E-state index in [-0.39, 0.29) is 10.6 Å². The SMILES string of the molecule is COC(=O)c1cc(S(=O)(=O)Nc2ccc(Cl)cc2)c[nH]1. The molecule has 2 rings (SSSR count). The van der Waals surface area contributed by atoms with Crippen molar-refractivity contribution in [2.45, 2.75) is 4.90 Å². The van der Waals surface area contributed by atoms with Crippen LogP contribution in [0.2, 0.25) is 5.02 Å². The summed E-state index contributed by atoms with van der Waals surface area (Å²) in [6.45, 7) is 0. The highest BCUT2D eigenvalue weighted by Gasteiger charge is 2.18. The first-order valence-electron chi connectivity index (χ1n) is 5.47. The van der Waals surface area contributed by atoms with Gasteiger partial charge in [-0.2, -0.15) is 0 Å². The maximum absolute atomic E-state index is 12.1. The van der Waals surface area contributed by atoms with Gasteiger partial charge in [0.25, 0.3) is 10.0 Å². The third-order valence-electron chi connectivity index (χ3n) is 2.47. The smallest absolute Gasteiger partial charge is 0.354 e. The van der Waals surface area contributed by atoms with E-state index >= 15 is 0 Å². The highest BCUT2D eigenvalue weighted by Crippen LogP contribution is 2.19. The Hall–Kier alpha value is -1.99. The fraction of sp³-hybridized carbons (Fsp3) is 0.0833. The van der Waals surface area contributed by atoms with Crippen LogP contribution < -0.4 is 4.72 Å². The van der Waals surface area contributed by atoms with E-state index in [2.05, 4.69) is 14.4 Å². The molecule has 0 saturated heterocycles. The normalized spacial score (nSPS) is 11.1. The molecule has 106 valence electrons. The van der Waals surface area contributed by atoms with Crippen LogP contribution in [0, 0.1) is 0 Å². The fourth-order valence-corrected chi connectivity index (χ4v) is 2.67. The number of carbonyl (C=O) groups excluding carboxylic acids is 1. The number of rotatable bonds is 4. The van der Waals surface area contributed by atoms with Crippen LogP contribution in [0.3, 0.4) is 0 Å². The molecule has 2 aromatic rings. The molecule has 0 saturated carbocycles. The van der Waals surface area contributed by atoms with Crippen LogP contribution in [-0.2, 0) is 14.8 Å². The summed E-state index contributed by atoms with van der Waals surface area (Å²) in [4.78, 5) is 13.7. The van der Waals surface area contributed by atoms with Gasteiger partial charge < -0.3 is 9.72 Å². The van der Waals surface area contributed by atoms with E-state index in [0.29, 0.717) is 10.7 Å². The summed E-state index contributed by atoms with van der Waals surface area (Å²) >= 11 is 5.72. The second-order valence-electron chi connectivity index (χ2n) is 3.85. The Bertz CT molecular complexity index is 722. The molecule has 0 amide bonds. The number of esters is 1. The van der Waals surface area contributed by atoms with Gasteiger partial charge in [0, 0.05) is 16.9 Å². The number of benzene rings is 1. The van der Waals surface area contributed by atoms with Crippen LogP contribution in [0.5, 0.6) is 0 Å². The van der Waals surface area contributed by atoms with Gasteiger partial charge >= 0.3 is 5.97 Å². The Kier molecular flexibility index (Phi) is 4.01. The number of ether oxygens (including phenoxy) is 1. The number of halogens is 1. The molecule has 1 heterocycles. The van der Waals surface area contributed by atoms with Crippen LogP contribution in [-0.4, -0.2) is 26.5 Å². The zero-order valence-corrected chi connectivity index (χ0v) is 12.0. The van der Waals surface area contributed by atoms with E-state index in [1.54, 1.807) is 12.1 Å². The fourth-order valence-electron chi connectivity index (χ4n) is 1.49. The molecule has 0 radical (unpaired) electrons. The van der Waals surface area contributed by atoms with Crippen LogP contribution in [0.4, 0.5) is 5.69 Å². The number of methoxy groups -OCH3 is 1. The van der Waals surface area contributed by atoms with Crippen molar-refractivity contribution in [3.63, 3.8) is 0 Å². The first-order valence-corrected chi connectivity index (χ1v) is 7.33. The number of hydrogen-bond donors (Lipinski definition) is 2. The summed E-state index contributed by atoms with van der Waals surface area (Å²) in [5, 5.41) is 0.502. The van der Waals surface area contributed by atoms with E-state index in [4.69, 9.17) is 11.6 Å². The summed E-state index contributed by atoms with van der Waals surface area (Å²) in [7, 11) is -2.57. The second kappa shape index (κ2) is 5.56. The molecular formula is C12H11ClN2O4S. The average molecular weight is 315 g/mol. The predicted octanol–water partition coefficient (Wildman–Crippen LogP) is 2.26. The number of anilines is 1. The number of aromatic nitrogens is 1. The largest absolute Gasteiger partial charge is 0.464 e. The summed E-state index contributed by atoms with van der Waals surface area (Å²) in [5.41, 5.74) is 0.430. The van der Waals surface area contributed by atoms with Gasteiger partial charge in [-0.3, -0.25) is 4.72 Å². The Labute approximate surface area is 120 Å². The predicted molar refractivity (Wildman–Crippen MR) is 74.4 cm³/mol. The Balaban J connectivity index is 2.24. The molecule has 0 fully saturated rings. The highest BCUT2D eigenvalue weighted by atomic mass is 35.5. The Morgan fingerprint density at radius 1 is 1.30 bits per heavy atom. The maximum atomic E-state index is 12.1. The summed E-state index contributed by atoms with van der Waals surface area (Å²) in [6, 6.07) is 7.40. The number of nitrogens with one attached hydrogen (secondary N) is 2. The minimum absolute atomic E-state index is 0.0592. The molecular weight excluding hydrogens is 304 g/mol. The molecule has 0 aliphatic rings. The van der Waals surface area contributed by atoms with E-state index in [9.17, 15) is 13.2 Å². The monoisotopic (exact) mass is 314 g/mol. The van der Waals surface area contributed by atoms with Crippen molar-refractivity contribution in [3.8, 4) is 0 Å². The maximum Gasteiger partial charge on any atom is 0.354 e. The number of sulfonamides is 1. The zero-order valence-electron chi connectivity index (χ0n) is 10.4. The van der Waals surface area contributed by atoms with Gasteiger partial charge in [-0.25, -0.2) is 13.2 Å². The first kappa shape index (κ1) is 14.4. The van der Waals surface area contributed by atoms with Gasteiger partial charge in [0.05, 0.1) is 7.11 Å². The Morgan fingerprint density at radius 3 is 2.55 bits per heavy atom. The van der Waals surface area contributed by atoms with Crippen LogP contribution in [0.1, 0.15) is 10.5 Å². The summed E-state index contributed by atoms with van der Waals surface area (Å²) in [5.74, 6) is -0.641. The van der Waals surface area contributed by atoms with Gasteiger partial charge in [-0.1, -0.05) is 11.6 Å². The minimum atomic E-state index is -3.78. The van der Waals surface area contributed by atoms with E-state index in [1.165, 1.54) is 31.5 Å². The number of carbonyl (C=O) groups is 1. The lowest BCUT2D eigenvalue weighted by Crippen LogP contribution is -2.12. The van der Waals surface area contributed by atoms with Gasteiger partial charge in [0.2, 0.25) is 0 Å². The molecule has 0 atom stereocenters. The van der Waals surface area contributed by atoms with Crippen LogP contribution in [0.15, 0.2) is 41.4 Å². The molecule has 8 heteroatoms. The molecule has 0 bridgehead atoms. The number of aromatic amines is 1. The molecule has 0 aliphatic heterocycles. The van der Waals surface area contributed by atoms with Gasteiger partial charge in [-0.05, 0) is 30.3 Å². The molecule has 0 unspecified atom stereocenters. The van der Waals surface area contributed by atoms with Crippen molar-refractivity contribution in [2.24, 2.45) is 0 Å². The van der Waals surface area contributed by atoms with Crippen molar-refractivity contribution in [3.05, 3.63) is 47.2 Å². The second-order valence-corrected chi connectivity index (χ2v) is 5.97. The third kappa shape index (κ3) is 3.12. The quantitative estimate of drug-likeness (QED) is 0.847. The molecule has 20 heavy (non-hydrogen) atoms. The van der Waals surface area contributed by atoms with Crippen LogP contribution >= 0.6 is 11.6 Å². The minimum Gasteiger partial charge on any atom is -0.464 e. The van der Waals surface area contributed by atoms with E-state index in [1.807, 2.05) is 0 Å². The molecule has 0 aliphatic carbocycles. The molecule has 1 aromatic heterocycles. The number of hydrogen-bond acceptors (Lipinski definition) is 4. The van der Waals surface area contributed by atoms with Crippen molar-refractivity contribution < 1.29 is 17.9 Å². The molecule has 0 spiro atoms. The van der Waals surface area contributed by atoms with E-state index in [0.717, 1.165) is 0 Å². The van der Waals surface area contributed by atoms with Crippen LogP contribution in [0.25, 0.3) is 0 Å². The molecule has 2 N–H and O–H groups in total. The van der Waals surface area contributed by atoms with Gasteiger partial charge in [0.1, 0.15) is 10.6 Å². The van der Waals surface area contributed by atoms with E-state index < -0.39 is 16.0 Å². The lowest BCUT2D eigenvalue weighted by atomic mass is 10.3. The first-order chi connectivity index (χ1) is 9.42. The lowest BCUT2D eigenvalue weighted by molar-refractivity contribution is 0.0595. The number of H-pyrrole nitrogens is 1. The topological polar surface area (TPSA) is 88.3 Å². The van der Waals surface area contributed by atoms with Crippen molar-refractivity contribution >= 4 is 33.3 Å². The lowest BCUT2D eigenvalue weighted by Gasteiger charge is -2.05. The summed E-state index contributed by atoms with van der Waals surface area (Å²) < 4.78 is 31.1. The summed E-state index contributed by atoms with van der Waals surface area (Å²) in [6.07, 6.45) is 1.21. The van der Waals surface area contributed by atoms with Crippen molar-refractivity contribution in [1.29, 1.82) is 0 Å².